The minimum absolute atomic E-state index is 0.107. The average molecular weight is 449 g/mol. The molecule has 2 N–H and O–H groups in total. The fourth-order valence-corrected chi connectivity index (χ4v) is 10.3. The first kappa shape index (κ1) is 20.7. The smallest absolute Gasteiger partial charge is 0.291 e. The van der Waals surface area contributed by atoms with Crippen molar-refractivity contribution in [3.8, 4) is 0 Å². The van der Waals surface area contributed by atoms with Gasteiger partial charge in [0.1, 0.15) is 5.82 Å². The van der Waals surface area contributed by atoms with Crippen LogP contribution in [0.3, 0.4) is 0 Å². The van der Waals surface area contributed by atoms with E-state index in [4.69, 9.17) is 4.98 Å². The summed E-state index contributed by atoms with van der Waals surface area (Å²) in [4.78, 5) is 22.6. The molecule has 8 aliphatic carbocycles. The fourth-order valence-electron chi connectivity index (χ4n) is 10.3. The number of amides is 1. The normalized spacial score (nSPS) is 44.9. The lowest BCUT2D eigenvalue weighted by Gasteiger charge is -2.57. The molecule has 8 fully saturated rings. The van der Waals surface area contributed by atoms with Crippen LogP contribution in [0.15, 0.2) is 5.10 Å². The second-order valence-corrected chi connectivity index (χ2v) is 13.7. The molecule has 0 aromatic carbocycles. The van der Waals surface area contributed by atoms with Gasteiger partial charge in [-0.25, -0.2) is 10.4 Å². The van der Waals surface area contributed by atoms with Crippen LogP contribution >= 0.6 is 0 Å². The number of hydrogen-bond acceptors (Lipinski definition) is 3. The van der Waals surface area contributed by atoms with Gasteiger partial charge in [-0.15, -0.1) is 0 Å². The Balaban J connectivity index is 1.29. The summed E-state index contributed by atoms with van der Waals surface area (Å²) >= 11 is 0. The molecule has 1 aromatic heterocycles. The number of rotatable bonds is 5. The molecule has 33 heavy (non-hydrogen) atoms. The van der Waals surface area contributed by atoms with Gasteiger partial charge in [-0.2, -0.15) is 5.10 Å². The predicted molar refractivity (Wildman–Crippen MR) is 129 cm³/mol. The minimum atomic E-state index is -0.107. The minimum Gasteiger partial charge on any atom is -0.344 e. The van der Waals surface area contributed by atoms with E-state index in [0.717, 1.165) is 41.3 Å². The Morgan fingerprint density at radius 1 is 0.879 bits per heavy atom. The number of carbonyl (C=O) groups is 1. The molecule has 8 saturated carbocycles. The van der Waals surface area contributed by atoms with Crippen LogP contribution in [-0.4, -0.2) is 22.1 Å². The van der Waals surface area contributed by atoms with E-state index in [-0.39, 0.29) is 16.7 Å². The summed E-state index contributed by atoms with van der Waals surface area (Å²) in [5.41, 5.74) is 5.01. The molecule has 9 rings (SSSR count). The van der Waals surface area contributed by atoms with Crippen molar-refractivity contribution in [1.29, 1.82) is 0 Å². The van der Waals surface area contributed by atoms with Crippen LogP contribution in [-0.2, 0) is 10.8 Å². The van der Waals surface area contributed by atoms with Crippen LogP contribution in [0.2, 0.25) is 0 Å². The molecule has 0 saturated heterocycles. The van der Waals surface area contributed by atoms with Gasteiger partial charge in [-0.05, 0) is 118 Å². The van der Waals surface area contributed by atoms with Crippen molar-refractivity contribution >= 4 is 12.1 Å². The number of nitrogens with one attached hydrogen (secondary N) is 2. The molecule has 1 amide bonds. The summed E-state index contributed by atoms with van der Waals surface area (Å²) in [7, 11) is 0. The highest BCUT2D eigenvalue weighted by atomic mass is 16.2. The molecule has 0 spiro atoms. The number of nitrogens with zero attached hydrogens (tertiary/aromatic N) is 2. The first-order valence-corrected chi connectivity index (χ1v) is 13.8. The topological polar surface area (TPSA) is 70.1 Å². The number of aromatic nitrogens is 2. The van der Waals surface area contributed by atoms with E-state index in [1.54, 1.807) is 0 Å². The first-order chi connectivity index (χ1) is 15.9. The largest absolute Gasteiger partial charge is 0.344 e. The Hall–Kier alpha value is -1.65. The summed E-state index contributed by atoms with van der Waals surface area (Å²) < 4.78 is 0. The lowest BCUT2D eigenvalue weighted by atomic mass is 9.48. The zero-order chi connectivity index (χ0) is 22.4. The summed E-state index contributed by atoms with van der Waals surface area (Å²) in [6.07, 6.45) is 17.9. The predicted octanol–water partition coefficient (Wildman–Crippen LogP) is 5.72. The fraction of sp³-hybridized carbons (Fsp3) is 0.821. The Morgan fingerprint density at radius 3 is 1.79 bits per heavy atom. The Labute approximate surface area is 198 Å². The van der Waals surface area contributed by atoms with E-state index in [0.29, 0.717) is 11.6 Å². The average Bonchev–Trinajstić information content (AvgIpc) is 3.19. The molecule has 5 heteroatoms. The van der Waals surface area contributed by atoms with Crippen molar-refractivity contribution in [2.24, 2.45) is 46.5 Å². The monoisotopic (exact) mass is 448 g/mol. The summed E-state index contributed by atoms with van der Waals surface area (Å²) in [5, 5.41) is 4.26. The molecular formula is C28H40N4O. The van der Waals surface area contributed by atoms with Crippen molar-refractivity contribution in [3.63, 3.8) is 0 Å². The van der Waals surface area contributed by atoms with Crippen molar-refractivity contribution < 1.29 is 4.79 Å². The maximum atomic E-state index is 13.5. The summed E-state index contributed by atoms with van der Waals surface area (Å²) in [6, 6.07) is 0. The SMILES string of the molecule is CC(C)/C=N/NC(=O)c1nc(C23CC4CC(CC(C4)C2)C3)[nH]c1C12CC3CC(CC(C3)C1)C2. The standard InChI is InChI=1S/C28H40N4O/c1-16(2)15-29-32-25(33)23-24(27-9-17-3-18(10-27)5-19(4-17)11-27)31-26(30-23)28-12-20-6-21(13-28)8-22(7-20)14-28/h15-22H,3-14H2,1-2H3,(H,30,31)(H,32,33)/b29-15+. The molecular weight excluding hydrogens is 408 g/mol. The highest BCUT2D eigenvalue weighted by molar-refractivity contribution is 5.94. The summed E-state index contributed by atoms with van der Waals surface area (Å²) in [6.45, 7) is 4.16. The third-order valence-corrected chi connectivity index (χ3v) is 10.6. The highest BCUT2D eigenvalue weighted by Crippen LogP contribution is 2.63. The Morgan fingerprint density at radius 2 is 1.33 bits per heavy atom. The molecule has 8 aliphatic rings. The van der Waals surface area contributed by atoms with Crippen molar-refractivity contribution in [3.05, 3.63) is 17.2 Å². The zero-order valence-corrected chi connectivity index (χ0v) is 20.4. The second-order valence-electron chi connectivity index (χ2n) is 13.7. The second kappa shape index (κ2) is 7.18. The van der Waals surface area contributed by atoms with Crippen molar-refractivity contribution in [2.45, 2.75) is 102 Å². The number of H-pyrrole nitrogens is 1. The number of hydrazone groups is 1. The van der Waals surface area contributed by atoms with Crippen LogP contribution in [0.25, 0.3) is 0 Å². The number of imidazole rings is 1. The number of carbonyl (C=O) groups excluding carboxylic acids is 1. The molecule has 1 aromatic rings. The molecule has 0 aliphatic heterocycles. The van der Waals surface area contributed by atoms with E-state index >= 15 is 0 Å². The molecule has 5 nitrogen and oxygen atoms in total. The molecule has 0 unspecified atom stereocenters. The Bertz CT molecular complexity index is 917. The maximum Gasteiger partial charge on any atom is 0.291 e. The van der Waals surface area contributed by atoms with E-state index in [2.05, 4.69) is 29.4 Å². The van der Waals surface area contributed by atoms with Gasteiger partial charge in [0.15, 0.2) is 5.69 Å². The van der Waals surface area contributed by atoms with Crippen LogP contribution in [0.5, 0.6) is 0 Å². The third-order valence-electron chi connectivity index (χ3n) is 10.6. The van der Waals surface area contributed by atoms with E-state index in [9.17, 15) is 4.79 Å². The Kier molecular flexibility index (Phi) is 4.50. The van der Waals surface area contributed by atoms with Crippen LogP contribution < -0.4 is 5.43 Å². The lowest BCUT2D eigenvalue weighted by Crippen LogP contribution is -2.50. The summed E-state index contributed by atoms with van der Waals surface area (Å²) in [5.74, 6) is 6.52. The van der Waals surface area contributed by atoms with Gasteiger partial charge in [-0.1, -0.05) is 13.8 Å². The maximum absolute atomic E-state index is 13.5. The van der Waals surface area contributed by atoms with Gasteiger partial charge >= 0.3 is 0 Å². The van der Waals surface area contributed by atoms with Gasteiger partial charge in [-0.3, -0.25) is 4.79 Å². The van der Waals surface area contributed by atoms with Crippen molar-refractivity contribution in [1.82, 2.24) is 15.4 Å². The van der Waals surface area contributed by atoms with Gasteiger partial charge in [0.2, 0.25) is 0 Å². The lowest BCUT2D eigenvalue weighted by molar-refractivity contribution is -0.0120. The quantitative estimate of drug-likeness (QED) is 0.447. The van der Waals surface area contributed by atoms with Gasteiger partial charge in [0.25, 0.3) is 5.91 Å². The van der Waals surface area contributed by atoms with Crippen LogP contribution in [0.1, 0.15) is 113 Å². The van der Waals surface area contributed by atoms with Crippen LogP contribution in [0.4, 0.5) is 0 Å². The molecule has 0 atom stereocenters. The first-order valence-electron chi connectivity index (χ1n) is 13.8. The molecule has 1 heterocycles. The zero-order valence-electron chi connectivity index (χ0n) is 20.4. The van der Waals surface area contributed by atoms with E-state index in [1.807, 2.05) is 6.21 Å². The third kappa shape index (κ3) is 3.27. The van der Waals surface area contributed by atoms with Gasteiger partial charge < -0.3 is 4.98 Å². The van der Waals surface area contributed by atoms with E-state index < -0.39 is 0 Å². The molecule has 178 valence electrons. The number of aromatic amines is 1. The molecule has 0 radical (unpaired) electrons. The van der Waals surface area contributed by atoms with Crippen molar-refractivity contribution in [2.75, 3.05) is 0 Å². The van der Waals surface area contributed by atoms with Crippen LogP contribution in [0, 0.1) is 41.4 Å². The van der Waals surface area contributed by atoms with Gasteiger partial charge in [0.05, 0.1) is 5.69 Å². The highest BCUT2D eigenvalue weighted by Gasteiger charge is 2.56. The van der Waals surface area contributed by atoms with Gasteiger partial charge in [0, 0.05) is 17.0 Å². The molecule has 8 bridgehead atoms. The van der Waals surface area contributed by atoms with E-state index in [1.165, 1.54) is 82.7 Å². The number of hydrogen-bond donors (Lipinski definition) is 2.